The van der Waals surface area contributed by atoms with Crippen molar-refractivity contribution >= 4 is 40.2 Å². The van der Waals surface area contributed by atoms with E-state index < -0.39 is 0 Å². The number of nitrogens with one attached hydrogen (secondary N) is 2. The Kier molecular flexibility index (Phi) is 4.72. The van der Waals surface area contributed by atoms with E-state index in [1.165, 1.54) is 11.8 Å². The number of anilines is 1. The maximum atomic E-state index is 13.0. The molecule has 0 aliphatic heterocycles. The number of benzene rings is 3. The number of aromatic nitrogens is 4. The molecule has 2 aromatic heterocycles. The number of hydrogen-bond acceptors (Lipinski definition) is 4. The number of fused-ring (bicyclic) bond motifs is 3. The molecule has 2 N–H and O–H groups in total. The molecule has 6 nitrogen and oxygen atoms in total. The lowest BCUT2D eigenvalue weighted by Crippen LogP contribution is -2.23. The van der Waals surface area contributed by atoms with Gasteiger partial charge in [0.1, 0.15) is 0 Å². The predicted molar refractivity (Wildman–Crippen MR) is 121 cm³/mol. The number of thioether (sulfide) groups is 1. The van der Waals surface area contributed by atoms with Gasteiger partial charge in [0.2, 0.25) is 11.7 Å². The van der Waals surface area contributed by atoms with Crippen LogP contribution in [0.1, 0.15) is 6.92 Å². The molecule has 2 heterocycles. The van der Waals surface area contributed by atoms with Crippen LogP contribution in [-0.4, -0.2) is 30.7 Å². The van der Waals surface area contributed by atoms with Crippen molar-refractivity contribution in [1.29, 1.82) is 0 Å². The quantitative estimate of drug-likeness (QED) is 0.398. The molecule has 7 heteroatoms. The van der Waals surface area contributed by atoms with E-state index in [0.29, 0.717) is 10.9 Å². The summed E-state index contributed by atoms with van der Waals surface area (Å²) in [7, 11) is 0. The lowest BCUT2D eigenvalue weighted by atomic mass is 10.0. The zero-order valence-corrected chi connectivity index (χ0v) is 17.1. The van der Waals surface area contributed by atoms with Crippen LogP contribution in [0.2, 0.25) is 0 Å². The summed E-state index contributed by atoms with van der Waals surface area (Å²) in [5.41, 5.74) is 4.70. The number of rotatable bonds is 5. The van der Waals surface area contributed by atoms with E-state index in [1.54, 1.807) is 0 Å². The van der Waals surface area contributed by atoms with Crippen molar-refractivity contribution in [2.75, 3.05) is 5.32 Å². The minimum Gasteiger partial charge on any atom is -0.325 e. The molecule has 0 saturated carbocycles. The fraction of sp³-hybridized carbons (Fsp3) is 0.0870. The van der Waals surface area contributed by atoms with Gasteiger partial charge in [0.15, 0.2) is 5.16 Å². The van der Waals surface area contributed by atoms with Crippen molar-refractivity contribution in [3.8, 4) is 11.1 Å². The predicted octanol–water partition coefficient (Wildman–Crippen LogP) is 5.00. The number of amides is 1. The number of carbonyl (C=O) groups excluding carboxylic acids is 1. The molecule has 5 aromatic rings. The Morgan fingerprint density at radius 2 is 1.73 bits per heavy atom. The summed E-state index contributed by atoms with van der Waals surface area (Å²) in [6.45, 7) is 1.88. The monoisotopic (exact) mass is 413 g/mol. The van der Waals surface area contributed by atoms with E-state index >= 15 is 0 Å². The summed E-state index contributed by atoms with van der Waals surface area (Å²) in [4.78, 5) is 17.5. The maximum Gasteiger partial charge on any atom is 0.237 e. The zero-order valence-electron chi connectivity index (χ0n) is 16.2. The van der Waals surface area contributed by atoms with E-state index in [9.17, 15) is 4.79 Å². The molecule has 0 bridgehead atoms. The number of imidazole rings is 1. The maximum absolute atomic E-state index is 13.0. The Morgan fingerprint density at radius 1 is 1.00 bits per heavy atom. The summed E-state index contributed by atoms with van der Waals surface area (Å²) in [5.74, 6) is 0.588. The van der Waals surface area contributed by atoms with Crippen LogP contribution in [-0.2, 0) is 4.79 Å². The molecule has 0 unspecified atom stereocenters. The van der Waals surface area contributed by atoms with Gasteiger partial charge in [0, 0.05) is 11.3 Å². The average molecular weight is 414 g/mol. The second kappa shape index (κ2) is 7.68. The summed E-state index contributed by atoms with van der Waals surface area (Å²) in [5, 5.41) is 10.7. The van der Waals surface area contributed by atoms with Gasteiger partial charge in [-0.05, 0) is 30.7 Å². The first kappa shape index (κ1) is 18.4. The Bertz CT molecular complexity index is 1340. The van der Waals surface area contributed by atoms with E-state index in [0.717, 1.165) is 27.8 Å². The Labute approximate surface area is 177 Å². The number of hydrogen-bond donors (Lipinski definition) is 2. The smallest absolute Gasteiger partial charge is 0.237 e. The van der Waals surface area contributed by atoms with Crippen LogP contribution in [0, 0.1) is 0 Å². The third-order valence-electron chi connectivity index (χ3n) is 4.92. The van der Waals surface area contributed by atoms with E-state index in [2.05, 4.69) is 20.5 Å². The van der Waals surface area contributed by atoms with Gasteiger partial charge in [-0.2, -0.15) is 0 Å². The molecular formula is C23H19N5OS. The highest BCUT2D eigenvalue weighted by Gasteiger charge is 2.20. The molecule has 0 aliphatic carbocycles. The van der Waals surface area contributed by atoms with Gasteiger partial charge >= 0.3 is 0 Å². The Hall–Kier alpha value is -3.58. The molecule has 0 saturated heterocycles. The van der Waals surface area contributed by atoms with Gasteiger partial charge in [0.05, 0.1) is 16.3 Å². The standard InChI is InChI=1S/C23H19N5OS/c1-15(30-23-27-26-22-25-19-13-7-8-14-20(19)28(22)23)21(29)24-18-12-6-5-11-17(18)16-9-3-2-4-10-16/h2-15H,1H3,(H,24,29)(H,25,26)/t15-/m0/s1. The van der Waals surface area contributed by atoms with Crippen LogP contribution in [0.4, 0.5) is 5.69 Å². The van der Waals surface area contributed by atoms with Crippen LogP contribution in [0.3, 0.4) is 0 Å². The number of carbonyl (C=O) groups is 1. The van der Waals surface area contributed by atoms with E-state index in [1.807, 2.05) is 90.2 Å². The van der Waals surface area contributed by atoms with Crippen molar-refractivity contribution in [2.24, 2.45) is 0 Å². The Morgan fingerprint density at radius 3 is 2.60 bits per heavy atom. The lowest BCUT2D eigenvalue weighted by Gasteiger charge is -2.14. The lowest BCUT2D eigenvalue weighted by molar-refractivity contribution is -0.115. The molecule has 3 aromatic carbocycles. The van der Waals surface area contributed by atoms with Gasteiger partial charge in [-0.3, -0.25) is 9.20 Å². The van der Waals surface area contributed by atoms with Crippen molar-refractivity contribution < 1.29 is 4.79 Å². The van der Waals surface area contributed by atoms with Crippen LogP contribution in [0.25, 0.3) is 27.9 Å². The highest BCUT2D eigenvalue weighted by molar-refractivity contribution is 8.00. The molecule has 0 spiro atoms. The molecule has 0 fully saturated rings. The van der Waals surface area contributed by atoms with Crippen molar-refractivity contribution in [3.05, 3.63) is 78.9 Å². The van der Waals surface area contributed by atoms with Crippen LogP contribution in [0.15, 0.2) is 84.0 Å². The summed E-state index contributed by atoms with van der Waals surface area (Å²) in [6, 6.07) is 25.7. The van der Waals surface area contributed by atoms with E-state index in [-0.39, 0.29) is 11.2 Å². The minimum absolute atomic E-state index is 0.0797. The molecule has 1 atom stereocenters. The second-order valence-corrected chi connectivity index (χ2v) is 8.23. The fourth-order valence-corrected chi connectivity index (χ4v) is 4.30. The highest BCUT2D eigenvalue weighted by Crippen LogP contribution is 2.30. The fourth-order valence-electron chi connectivity index (χ4n) is 3.43. The summed E-state index contributed by atoms with van der Waals surface area (Å²) >= 11 is 1.40. The third kappa shape index (κ3) is 3.33. The number of para-hydroxylation sites is 3. The van der Waals surface area contributed by atoms with Crippen LogP contribution in [0.5, 0.6) is 0 Å². The number of H-pyrrole nitrogens is 1. The van der Waals surface area contributed by atoms with Crippen molar-refractivity contribution in [1.82, 2.24) is 19.6 Å². The normalized spacial score (nSPS) is 12.3. The van der Waals surface area contributed by atoms with Crippen molar-refractivity contribution in [3.63, 3.8) is 0 Å². The third-order valence-corrected chi connectivity index (χ3v) is 5.98. The molecule has 0 aliphatic rings. The van der Waals surface area contributed by atoms with Gasteiger partial charge in [-0.1, -0.05) is 72.4 Å². The van der Waals surface area contributed by atoms with Gasteiger partial charge in [-0.25, -0.2) is 10.1 Å². The molecule has 148 valence electrons. The van der Waals surface area contributed by atoms with Gasteiger partial charge in [0.25, 0.3) is 0 Å². The van der Waals surface area contributed by atoms with Gasteiger partial charge < -0.3 is 5.32 Å². The SMILES string of the molecule is C[C@H](Sc1n[nH]c2nc3ccccc3n12)C(=O)Nc1ccccc1-c1ccccc1. The molecular weight excluding hydrogens is 394 g/mol. The molecule has 30 heavy (non-hydrogen) atoms. The largest absolute Gasteiger partial charge is 0.325 e. The van der Waals surface area contributed by atoms with Gasteiger partial charge in [-0.15, -0.1) is 5.10 Å². The number of nitrogens with zero attached hydrogens (tertiary/aromatic N) is 3. The van der Waals surface area contributed by atoms with E-state index in [4.69, 9.17) is 0 Å². The second-order valence-electron chi connectivity index (χ2n) is 6.93. The zero-order chi connectivity index (χ0) is 20.5. The first-order valence-electron chi connectivity index (χ1n) is 9.64. The average Bonchev–Trinajstić information content (AvgIpc) is 3.34. The molecule has 0 radical (unpaired) electrons. The first-order valence-corrected chi connectivity index (χ1v) is 10.5. The molecule has 1 amide bonds. The number of aromatic amines is 1. The van der Waals surface area contributed by atoms with Crippen LogP contribution >= 0.6 is 11.8 Å². The van der Waals surface area contributed by atoms with Crippen molar-refractivity contribution in [2.45, 2.75) is 17.3 Å². The first-order chi connectivity index (χ1) is 14.7. The topological polar surface area (TPSA) is 75.1 Å². The molecule has 5 rings (SSSR count). The highest BCUT2D eigenvalue weighted by atomic mass is 32.2. The van der Waals surface area contributed by atoms with Crippen LogP contribution < -0.4 is 5.32 Å². The Balaban J connectivity index is 1.39. The minimum atomic E-state index is -0.346. The summed E-state index contributed by atoms with van der Waals surface area (Å²) < 4.78 is 1.95. The summed E-state index contributed by atoms with van der Waals surface area (Å²) in [6.07, 6.45) is 0.